The van der Waals surface area contributed by atoms with E-state index in [0.717, 1.165) is 29.0 Å². The lowest BCUT2D eigenvalue weighted by atomic mass is 9.87. The van der Waals surface area contributed by atoms with Crippen LogP contribution in [0.15, 0.2) is 30.9 Å². The third-order valence-corrected chi connectivity index (χ3v) is 12.5. The second kappa shape index (κ2) is 20.5. The monoisotopic (exact) mass is 931 g/mol. The maximum atomic E-state index is 12.7. The standard InChI is InChI=1S/C30H44N7O19P3S/c1-30(2,25(43)28(44)33-8-7-20(40)32-9-10-60-21(41)6-4-16-3-5-17(38)18(39)11-16)13-53-59(50,51)56-58(48,49)52-12-19-24(55-57(45,46)47)23(42)29(54-19)37-15-36-22-26(31)34-14-35-27(22)37/h3,5,11,14-15,19,23-25,29,38-39,42-43H,4,6-10,12-13H2,1-2H3,(H,32,40)(H,33,44)(H,48,49)(H,50,51)(H2,31,34,35)(H2,45,46,47)/t19-,23-,24-,25+,29-/m1/s1. The minimum Gasteiger partial charge on any atom is -0.504 e. The minimum absolute atomic E-state index is 0.0215. The molecule has 3 aromatic rings. The van der Waals surface area contributed by atoms with Gasteiger partial charge in [0.1, 0.15) is 36.3 Å². The van der Waals surface area contributed by atoms with E-state index in [1.165, 1.54) is 26.0 Å². The number of aromatic nitrogens is 4. The van der Waals surface area contributed by atoms with Crippen molar-refractivity contribution in [1.82, 2.24) is 30.2 Å². The first-order chi connectivity index (χ1) is 27.9. The zero-order valence-electron chi connectivity index (χ0n) is 31.6. The molecule has 0 aliphatic carbocycles. The third-order valence-electron chi connectivity index (χ3n) is 8.42. The number of carbonyl (C=O) groups is 3. The Morgan fingerprint density at radius 3 is 2.38 bits per heavy atom. The van der Waals surface area contributed by atoms with Gasteiger partial charge >= 0.3 is 23.5 Å². The number of carbonyl (C=O) groups excluding carboxylic acids is 3. The van der Waals surface area contributed by atoms with Gasteiger partial charge in [-0.15, -0.1) is 0 Å². The van der Waals surface area contributed by atoms with Gasteiger partial charge in [-0.1, -0.05) is 31.7 Å². The molecule has 0 radical (unpaired) electrons. The lowest BCUT2D eigenvalue weighted by Crippen LogP contribution is -2.46. The average Bonchev–Trinajstić information content (AvgIpc) is 3.71. The Morgan fingerprint density at radius 1 is 1.00 bits per heavy atom. The van der Waals surface area contributed by atoms with Crippen LogP contribution in [0.25, 0.3) is 11.2 Å². The number of nitrogens with one attached hydrogen (secondary N) is 2. The number of aliphatic hydroxyl groups excluding tert-OH is 2. The van der Waals surface area contributed by atoms with E-state index in [-0.39, 0.29) is 65.3 Å². The number of nitrogens with zero attached hydrogens (tertiary/aromatic N) is 4. The summed E-state index contributed by atoms with van der Waals surface area (Å²) in [6.45, 7) is 0.307. The van der Waals surface area contributed by atoms with Crippen molar-refractivity contribution < 1.29 is 90.7 Å². The molecule has 1 aliphatic heterocycles. The molecular formula is C30H44N7O19P3S. The summed E-state index contributed by atoms with van der Waals surface area (Å²) < 4.78 is 62.1. The van der Waals surface area contributed by atoms with Gasteiger partial charge < -0.3 is 61.1 Å². The summed E-state index contributed by atoms with van der Waals surface area (Å²) in [6, 6.07) is 4.25. The molecule has 1 saturated heterocycles. The largest absolute Gasteiger partial charge is 0.504 e. The number of aromatic hydroxyl groups is 2. The number of aryl methyl sites for hydroxylation is 1. The van der Waals surface area contributed by atoms with Gasteiger partial charge in [0.05, 0.1) is 19.5 Å². The number of thioether (sulfide) groups is 1. The van der Waals surface area contributed by atoms with E-state index < -0.39 is 84.6 Å². The zero-order valence-corrected chi connectivity index (χ0v) is 35.1. The van der Waals surface area contributed by atoms with Crippen LogP contribution in [0.3, 0.4) is 0 Å². The summed E-state index contributed by atoms with van der Waals surface area (Å²) >= 11 is 0.985. The molecule has 0 bridgehead atoms. The second-order valence-corrected chi connectivity index (χ2v) is 19.0. The molecule has 2 amide bonds. The van der Waals surface area contributed by atoms with Gasteiger partial charge in [0.25, 0.3) is 0 Å². The first-order valence-electron chi connectivity index (χ1n) is 17.4. The number of ether oxygens (including phenoxy) is 1. The number of fused-ring (bicyclic) bond motifs is 1. The van der Waals surface area contributed by atoms with Gasteiger partial charge in [-0.3, -0.25) is 32.5 Å². The van der Waals surface area contributed by atoms with E-state index in [0.29, 0.717) is 12.0 Å². The minimum atomic E-state index is -5.59. The number of benzene rings is 1. The van der Waals surface area contributed by atoms with Gasteiger partial charge in [0, 0.05) is 37.1 Å². The number of phenols is 2. The van der Waals surface area contributed by atoms with Crippen LogP contribution in [0.5, 0.6) is 11.5 Å². The fraction of sp³-hybridized carbons (Fsp3) is 0.533. The molecule has 1 aromatic carbocycles. The molecule has 0 saturated carbocycles. The fourth-order valence-corrected chi connectivity index (χ4v) is 8.85. The molecule has 26 nitrogen and oxygen atoms in total. The average molecular weight is 932 g/mol. The topological polar surface area (TPSA) is 404 Å². The first kappa shape index (κ1) is 49.0. The molecule has 60 heavy (non-hydrogen) atoms. The molecule has 7 atom stereocenters. The Bertz CT molecular complexity index is 2160. The van der Waals surface area contributed by atoms with Crippen LogP contribution in [-0.2, 0) is 57.1 Å². The van der Waals surface area contributed by atoms with E-state index >= 15 is 0 Å². The van der Waals surface area contributed by atoms with E-state index in [2.05, 4.69) is 34.4 Å². The smallest absolute Gasteiger partial charge is 0.481 e. The highest BCUT2D eigenvalue weighted by atomic mass is 32.2. The van der Waals surface area contributed by atoms with Crippen LogP contribution >= 0.6 is 35.2 Å². The highest BCUT2D eigenvalue weighted by Crippen LogP contribution is 2.61. The number of nitrogens with two attached hydrogens (primary N) is 1. The van der Waals surface area contributed by atoms with Crippen LogP contribution in [-0.4, -0.2) is 133 Å². The molecule has 3 heterocycles. The highest BCUT2D eigenvalue weighted by molar-refractivity contribution is 8.13. The number of hydrogen-bond donors (Lipinski definition) is 11. The number of amides is 2. The number of hydrogen-bond acceptors (Lipinski definition) is 20. The van der Waals surface area contributed by atoms with Gasteiger partial charge in [-0.25, -0.2) is 28.6 Å². The lowest BCUT2D eigenvalue weighted by Gasteiger charge is -2.30. The summed E-state index contributed by atoms with van der Waals surface area (Å²) in [7, 11) is -16.4. The lowest BCUT2D eigenvalue weighted by molar-refractivity contribution is -0.137. The van der Waals surface area contributed by atoms with Gasteiger partial charge in [0.2, 0.25) is 11.8 Å². The van der Waals surface area contributed by atoms with Crippen LogP contribution in [0.2, 0.25) is 0 Å². The van der Waals surface area contributed by atoms with Gasteiger partial charge in [-0.2, -0.15) is 4.31 Å². The Morgan fingerprint density at radius 2 is 1.70 bits per heavy atom. The summed E-state index contributed by atoms with van der Waals surface area (Å²) in [5, 5.41) is 45.1. The third kappa shape index (κ3) is 14.2. The molecular weight excluding hydrogens is 887 g/mol. The van der Waals surface area contributed by atoms with Crippen LogP contribution < -0.4 is 16.4 Å². The molecule has 0 spiro atoms. The van der Waals surface area contributed by atoms with Gasteiger partial charge in [-0.05, 0) is 24.1 Å². The van der Waals surface area contributed by atoms with E-state index in [4.69, 9.17) is 19.5 Å². The summed E-state index contributed by atoms with van der Waals surface area (Å²) in [5.41, 5.74) is 4.87. The number of nitrogen functional groups attached to an aromatic ring is 1. The van der Waals surface area contributed by atoms with Crippen molar-refractivity contribution >= 4 is 69.1 Å². The Hall–Kier alpha value is -3.62. The molecule has 12 N–H and O–H groups in total. The van der Waals surface area contributed by atoms with Crippen molar-refractivity contribution in [3.63, 3.8) is 0 Å². The van der Waals surface area contributed by atoms with Crippen molar-refractivity contribution in [3.8, 4) is 11.5 Å². The molecule has 334 valence electrons. The predicted octanol–water partition coefficient (Wildman–Crippen LogP) is -0.291. The number of imidazole rings is 1. The number of phenolic OH excluding ortho intramolecular Hbond substituents is 2. The van der Waals surface area contributed by atoms with Crippen LogP contribution in [0, 0.1) is 5.41 Å². The number of aliphatic hydroxyl groups is 2. The number of phosphoric ester groups is 3. The molecule has 30 heteroatoms. The number of phosphoric acid groups is 3. The molecule has 2 unspecified atom stereocenters. The predicted molar refractivity (Wildman–Crippen MR) is 205 cm³/mol. The van der Waals surface area contributed by atoms with E-state index in [1.807, 2.05) is 0 Å². The fourth-order valence-electron chi connectivity index (χ4n) is 5.34. The van der Waals surface area contributed by atoms with Gasteiger partial charge in [0.15, 0.2) is 34.3 Å². The van der Waals surface area contributed by atoms with Crippen molar-refractivity contribution in [2.75, 3.05) is 37.8 Å². The second-order valence-electron chi connectivity index (χ2n) is 13.6. The van der Waals surface area contributed by atoms with Crippen molar-refractivity contribution in [2.45, 2.75) is 63.8 Å². The molecule has 1 aliphatic rings. The highest BCUT2D eigenvalue weighted by Gasteiger charge is 2.50. The Kier molecular flexibility index (Phi) is 16.8. The van der Waals surface area contributed by atoms with Crippen LogP contribution in [0.4, 0.5) is 5.82 Å². The summed E-state index contributed by atoms with van der Waals surface area (Å²) in [5.74, 6) is -1.85. The molecule has 2 aromatic heterocycles. The maximum absolute atomic E-state index is 12.7. The maximum Gasteiger partial charge on any atom is 0.481 e. The SMILES string of the molecule is CC(C)(COP(=O)(O)OP(=O)(O)OC[C@H]1O[C@@H](n2cnc3c(N)ncnc32)[C@H](O)[C@@H]1OP(=O)(O)O)[C@@H](O)C(=O)NCCC(=O)NCCSC(=O)CCc1ccc(O)c(O)c1. The number of anilines is 1. The Balaban J connectivity index is 1.19. The number of rotatable bonds is 22. The van der Waals surface area contributed by atoms with Crippen LogP contribution in [0.1, 0.15) is 38.5 Å². The van der Waals surface area contributed by atoms with Crippen molar-refractivity contribution in [1.29, 1.82) is 0 Å². The van der Waals surface area contributed by atoms with E-state index in [9.17, 15) is 68.1 Å². The molecule has 1 fully saturated rings. The Labute approximate surface area is 344 Å². The normalized spacial score (nSPS) is 20.9. The zero-order chi connectivity index (χ0) is 44.6. The van der Waals surface area contributed by atoms with Crippen molar-refractivity contribution in [3.05, 3.63) is 36.4 Å². The summed E-state index contributed by atoms with van der Waals surface area (Å²) in [4.78, 5) is 87.9. The molecule has 4 rings (SSSR count). The quantitative estimate of drug-likeness (QED) is 0.0350. The van der Waals surface area contributed by atoms with E-state index in [1.54, 1.807) is 6.07 Å². The summed E-state index contributed by atoms with van der Waals surface area (Å²) in [6.07, 6.45) is -6.56. The van der Waals surface area contributed by atoms with Crippen molar-refractivity contribution in [2.24, 2.45) is 5.41 Å². The first-order valence-corrected chi connectivity index (χ1v) is 22.9.